The van der Waals surface area contributed by atoms with Crippen LogP contribution in [0.2, 0.25) is 0 Å². The minimum atomic E-state index is 0.742. The fourth-order valence-electron chi connectivity index (χ4n) is 2.69. The van der Waals surface area contributed by atoms with Crippen molar-refractivity contribution in [1.82, 2.24) is 5.32 Å². The molecule has 1 aliphatic rings. The van der Waals surface area contributed by atoms with Crippen molar-refractivity contribution >= 4 is 0 Å². The SMILES string of the molecule is C=C(C)CNC1CCCCCCCCCCC1. The maximum Gasteiger partial charge on any atom is 0.0161 e. The van der Waals surface area contributed by atoms with Crippen LogP contribution in [0.25, 0.3) is 0 Å². The highest BCUT2D eigenvalue weighted by Gasteiger charge is 2.08. The summed E-state index contributed by atoms with van der Waals surface area (Å²) in [5, 5.41) is 3.67. The fourth-order valence-corrected chi connectivity index (χ4v) is 2.69. The quantitative estimate of drug-likeness (QED) is 0.694. The molecule has 0 bridgehead atoms. The van der Waals surface area contributed by atoms with Gasteiger partial charge in [0.1, 0.15) is 0 Å². The highest BCUT2D eigenvalue weighted by atomic mass is 14.9. The van der Waals surface area contributed by atoms with Crippen LogP contribution in [0.4, 0.5) is 0 Å². The second-order valence-corrected chi connectivity index (χ2v) is 5.79. The molecule has 1 rings (SSSR count). The van der Waals surface area contributed by atoms with Gasteiger partial charge in [0.15, 0.2) is 0 Å². The first-order valence-corrected chi connectivity index (χ1v) is 7.67. The molecule has 100 valence electrons. The Morgan fingerprint density at radius 1 is 0.882 bits per heavy atom. The number of hydrogen-bond acceptors (Lipinski definition) is 1. The van der Waals surface area contributed by atoms with Gasteiger partial charge in [0, 0.05) is 12.6 Å². The minimum Gasteiger partial charge on any atom is -0.310 e. The van der Waals surface area contributed by atoms with Crippen LogP contribution in [0, 0.1) is 0 Å². The van der Waals surface area contributed by atoms with E-state index in [1.54, 1.807) is 0 Å². The average Bonchev–Trinajstić information content (AvgIpc) is 2.28. The van der Waals surface area contributed by atoms with Crippen LogP contribution in [-0.4, -0.2) is 12.6 Å². The summed E-state index contributed by atoms with van der Waals surface area (Å²) in [6, 6.07) is 0.742. The normalized spacial score (nSPS) is 21.5. The molecule has 0 aromatic rings. The molecule has 0 saturated heterocycles. The fraction of sp³-hybridized carbons (Fsp3) is 0.875. The number of nitrogens with one attached hydrogen (secondary N) is 1. The minimum absolute atomic E-state index is 0.742. The molecule has 0 atom stereocenters. The third kappa shape index (κ3) is 8.43. The Morgan fingerprint density at radius 3 is 1.71 bits per heavy atom. The number of hydrogen-bond donors (Lipinski definition) is 1. The van der Waals surface area contributed by atoms with Crippen LogP contribution in [0.1, 0.15) is 77.6 Å². The van der Waals surface area contributed by atoms with Crippen molar-refractivity contribution in [1.29, 1.82) is 0 Å². The van der Waals surface area contributed by atoms with Gasteiger partial charge in [0.25, 0.3) is 0 Å². The van der Waals surface area contributed by atoms with E-state index in [2.05, 4.69) is 18.8 Å². The predicted molar refractivity (Wildman–Crippen MR) is 77.4 cm³/mol. The van der Waals surface area contributed by atoms with Crippen molar-refractivity contribution in [2.75, 3.05) is 6.54 Å². The topological polar surface area (TPSA) is 12.0 Å². The van der Waals surface area contributed by atoms with Crippen molar-refractivity contribution in [2.45, 2.75) is 83.6 Å². The summed E-state index contributed by atoms with van der Waals surface area (Å²) in [5.74, 6) is 0. The zero-order chi connectivity index (χ0) is 12.3. The van der Waals surface area contributed by atoms with Gasteiger partial charge in [-0.1, -0.05) is 69.9 Å². The van der Waals surface area contributed by atoms with Gasteiger partial charge in [0.2, 0.25) is 0 Å². The Balaban J connectivity index is 2.24. The Kier molecular flexibility index (Phi) is 8.42. The Bertz CT molecular complexity index is 186. The third-order valence-electron chi connectivity index (χ3n) is 3.80. The first-order chi connectivity index (χ1) is 8.29. The van der Waals surface area contributed by atoms with Gasteiger partial charge in [-0.25, -0.2) is 0 Å². The summed E-state index contributed by atoms with van der Waals surface area (Å²) < 4.78 is 0. The molecule has 0 spiro atoms. The van der Waals surface area contributed by atoms with Crippen molar-refractivity contribution < 1.29 is 0 Å². The second-order valence-electron chi connectivity index (χ2n) is 5.79. The van der Waals surface area contributed by atoms with E-state index < -0.39 is 0 Å². The maximum atomic E-state index is 3.98. The summed E-state index contributed by atoms with van der Waals surface area (Å²) in [5.41, 5.74) is 1.26. The van der Waals surface area contributed by atoms with E-state index in [1.807, 2.05) is 0 Å². The van der Waals surface area contributed by atoms with Gasteiger partial charge >= 0.3 is 0 Å². The monoisotopic (exact) mass is 237 g/mol. The molecule has 0 unspecified atom stereocenters. The van der Waals surface area contributed by atoms with E-state index >= 15 is 0 Å². The molecule has 1 N–H and O–H groups in total. The van der Waals surface area contributed by atoms with Crippen molar-refractivity contribution in [3.63, 3.8) is 0 Å². The van der Waals surface area contributed by atoms with E-state index in [1.165, 1.54) is 76.2 Å². The summed E-state index contributed by atoms with van der Waals surface area (Å²) in [6.07, 6.45) is 15.7. The van der Waals surface area contributed by atoms with Gasteiger partial charge in [-0.2, -0.15) is 0 Å². The van der Waals surface area contributed by atoms with E-state index in [9.17, 15) is 0 Å². The molecule has 1 nitrogen and oxygen atoms in total. The highest BCUT2D eigenvalue weighted by molar-refractivity contribution is 4.91. The largest absolute Gasteiger partial charge is 0.310 e. The lowest BCUT2D eigenvalue weighted by atomic mass is 9.98. The number of rotatable bonds is 3. The summed E-state index contributed by atoms with van der Waals surface area (Å²) in [4.78, 5) is 0. The second kappa shape index (κ2) is 9.70. The highest BCUT2D eigenvalue weighted by Crippen LogP contribution is 2.16. The molecular formula is C16H31N. The van der Waals surface area contributed by atoms with Crippen LogP contribution in [0.3, 0.4) is 0 Å². The van der Waals surface area contributed by atoms with E-state index in [0.29, 0.717) is 0 Å². The van der Waals surface area contributed by atoms with Crippen LogP contribution in [-0.2, 0) is 0 Å². The Morgan fingerprint density at radius 2 is 1.29 bits per heavy atom. The summed E-state index contributed by atoms with van der Waals surface area (Å²) in [6.45, 7) is 7.10. The van der Waals surface area contributed by atoms with Crippen LogP contribution in [0.5, 0.6) is 0 Å². The zero-order valence-corrected chi connectivity index (χ0v) is 11.8. The molecular weight excluding hydrogens is 206 g/mol. The van der Waals surface area contributed by atoms with Gasteiger partial charge in [-0.3, -0.25) is 0 Å². The lowest BCUT2D eigenvalue weighted by molar-refractivity contribution is 0.414. The zero-order valence-electron chi connectivity index (χ0n) is 11.8. The molecule has 0 aromatic heterocycles. The van der Waals surface area contributed by atoms with Crippen LogP contribution in [0.15, 0.2) is 12.2 Å². The van der Waals surface area contributed by atoms with E-state index in [4.69, 9.17) is 0 Å². The first-order valence-electron chi connectivity index (χ1n) is 7.67. The molecule has 0 aromatic carbocycles. The van der Waals surface area contributed by atoms with Gasteiger partial charge in [-0.05, 0) is 19.8 Å². The van der Waals surface area contributed by atoms with E-state index in [-0.39, 0.29) is 0 Å². The molecule has 1 aliphatic carbocycles. The molecule has 1 heteroatoms. The van der Waals surface area contributed by atoms with E-state index in [0.717, 1.165) is 12.6 Å². The Labute approximate surface area is 108 Å². The van der Waals surface area contributed by atoms with Gasteiger partial charge in [-0.15, -0.1) is 0 Å². The maximum absolute atomic E-state index is 3.98. The lowest BCUT2D eigenvalue weighted by Crippen LogP contribution is -2.30. The van der Waals surface area contributed by atoms with Gasteiger partial charge in [0.05, 0.1) is 0 Å². The summed E-state index contributed by atoms with van der Waals surface area (Å²) >= 11 is 0. The molecule has 0 aliphatic heterocycles. The molecule has 0 radical (unpaired) electrons. The third-order valence-corrected chi connectivity index (χ3v) is 3.80. The van der Waals surface area contributed by atoms with Crippen molar-refractivity contribution in [3.8, 4) is 0 Å². The van der Waals surface area contributed by atoms with Crippen LogP contribution >= 0.6 is 0 Å². The smallest absolute Gasteiger partial charge is 0.0161 e. The molecule has 0 heterocycles. The van der Waals surface area contributed by atoms with Gasteiger partial charge < -0.3 is 5.32 Å². The average molecular weight is 237 g/mol. The molecule has 1 saturated carbocycles. The van der Waals surface area contributed by atoms with Crippen molar-refractivity contribution in [3.05, 3.63) is 12.2 Å². The molecule has 17 heavy (non-hydrogen) atoms. The molecule has 0 amide bonds. The Hall–Kier alpha value is -0.300. The van der Waals surface area contributed by atoms with Crippen LogP contribution < -0.4 is 5.32 Å². The standard InChI is InChI=1S/C16H31N/c1-15(2)14-17-16-12-10-8-6-4-3-5-7-9-11-13-16/h16-17H,1,3-14H2,2H3. The summed E-state index contributed by atoms with van der Waals surface area (Å²) in [7, 11) is 0. The predicted octanol–water partition coefficient (Wildman–Crippen LogP) is 4.83. The first kappa shape index (κ1) is 14.8. The molecule has 1 fully saturated rings. The van der Waals surface area contributed by atoms with Crippen molar-refractivity contribution in [2.24, 2.45) is 0 Å². The lowest BCUT2D eigenvalue weighted by Gasteiger charge is -2.19.